The smallest absolute Gasteiger partial charge is 0.246 e. The lowest BCUT2D eigenvalue weighted by molar-refractivity contribution is 0.0775. The Morgan fingerprint density at radius 3 is 2.70 bits per heavy atom. The molecule has 4 aromatic rings. The molecule has 1 atom stereocenters. The van der Waals surface area contributed by atoms with Gasteiger partial charge in [-0.1, -0.05) is 5.57 Å². The minimum absolute atomic E-state index is 0.00193. The SMILES string of the molecule is CCn1cc(S(=O)(=O)N2CCC3=Cc4c(cnn4-c4ccc(F)cc4)C[C@]3(C(=O)c3nccs3)C2)cn1. The third-order valence-electron chi connectivity index (χ3n) is 7.08. The summed E-state index contributed by atoms with van der Waals surface area (Å²) in [6.07, 6.45) is 8.75. The number of aromatic nitrogens is 5. The third kappa shape index (κ3) is 3.87. The molecule has 6 rings (SSSR count). The summed E-state index contributed by atoms with van der Waals surface area (Å²) >= 11 is 1.25. The van der Waals surface area contributed by atoms with Crippen LogP contribution in [0.1, 0.15) is 34.4 Å². The molecule has 1 aromatic carbocycles. The van der Waals surface area contributed by atoms with Crippen LogP contribution in [0.3, 0.4) is 0 Å². The third-order valence-corrected chi connectivity index (χ3v) is 9.65. The van der Waals surface area contributed by atoms with E-state index >= 15 is 0 Å². The van der Waals surface area contributed by atoms with Gasteiger partial charge in [0.05, 0.1) is 29.2 Å². The van der Waals surface area contributed by atoms with Crippen LogP contribution < -0.4 is 0 Å². The molecular formula is C25H23FN6O3S2. The van der Waals surface area contributed by atoms with Crippen LogP contribution in [0.25, 0.3) is 11.8 Å². The summed E-state index contributed by atoms with van der Waals surface area (Å²) in [6, 6.07) is 6.05. The van der Waals surface area contributed by atoms with Crippen molar-refractivity contribution in [3.63, 3.8) is 0 Å². The van der Waals surface area contributed by atoms with Crippen molar-refractivity contribution in [1.82, 2.24) is 28.9 Å². The van der Waals surface area contributed by atoms with Gasteiger partial charge in [-0.3, -0.25) is 9.48 Å². The summed E-state index contributed by atoms with van der Waals surface area (Å²) in [5.41, 5.74) is 2.07. The van der Waals surface area contributed by atoms with Crippen LogP contribution in [-0.4, -0.2) is 56.1 Å². The van der Waals surface area contributed by atoms with Gasteiger partial charge in [0, 0.05) is 37.4 Å². The first-order chi connectivity index (χ1) is 17.8. The highest BCUT2D eigenvalue weighted by Gasteiger charge is 2.51. The molecule has 190 valence electrons. The van der Waals surface area contributed by atoms with Gasteiger partial charge < -0.3 is 0 Å². The van der Waals surface area contributed by atoms with Gasteiger partial charge in [0.15, 0.2) is 5.01 Å². The molecule has 3 aromatic heterocycles. The van der Waals surface area contributed by atoms with E-state index in [1.807, 2.05) is 13.0 Å². The number of carbonyl (C=O) groups excluding carboxylic acids is 1. The van der Waals surface area contributed by atoms with E-state index in [4.69, 9.17) is 0 Å². The first-order valence-corrected chi connectivity index (χ1v) is 14.1. The highest BCUT2D eigenvalue weighted by molar-refractivity contribution is 7.89. The maximum Gasteiger partial charge on any atom is 0.246 e. The minimum Gasteiger partial charge on any atom is -0.290 e. The Kier molecular flexibility index (Phi) is 5.70. The number of benzene rings is 1. The number of rotatable bonds is 6. The fourth-order valence-electron chi connectivity index (χ4n) is 5.15. The lowest BCUT2D eigenvalue weighted by Crippen LogP contribution is -2.53. The van der Waals surface area contributed by atoms with Gasteiger partial charge in [0.1, 0.15) is 10.7 Å². The number of sulfonamides is 1. The van der Waals surface area contributed by atoms with E-state index in [1.165, 1.54) is 40.2 Å². The fourth-order valence-corrected chi connectivity index (χ4v) is 7.28. The average molecular weight is 539 g/mol. The molecule has 1 fully saturated rings. The van der Waals surface area contributed by atoms with Crippen molar-refractivity contribution in [3.8, 4) is 5.69 Å². The number of fused-ring (bicyclic) bond motifs is 2. The van der Waals surface area contributed by atoms with Crippen molar-refractivity contribution in [3.05, 3.63) is 82.1 Å². The zero-order valence-electron chi connectivity index (χ0n) is 19.9. The quantitative estimate of drug-likeness (QED) is 0.348. The molecule has 2 aliphatic rings. The molecule has 0 saturated carbocycles. The second-order valence-electron chi connectivity index (χ2n) is 9.16. The minimum atomic E-state index is -3.86. The fraction of sp³-hybridized carbons (Fsp3) is 0.280. The molecule has 1 aliphatic heterocycles. The molecule has 0 radical (unpaired) electrons. The van der Waals surface area contributed by atoms with Crippen LogP contribution in [0, 0.1) is 11.2 Å². The first-order valence-electron chi connectivity index (χ1n) is 11.8. The second-order valence-corrected chi connectivity index (χ2v) is 12.0. The van der Waals surface area contributed by atoms with Crippen molar-refractivity contribution in [2.75, 3.05) is 13.1 Å². The molecule has 0 unspecified atom stereocenters. The predicted octanol–water partition coefficient (Wildman–Crippen LogP) is 3.59. The zero-order chi connectivity index (χ0) is 25.8. The number of carbonyl (C=O) groups is 1. The largest absolute Gasteiger partial charge is 0.290 e. The number of thiazole rings is 1. The summed E-state index contributed by atoms with van der Waals surface area (Å²) in [4.78, 5) is 18.4. The number of Topliss-reactive ketones (excluding diaryl/α,β-unsaturated/α-hetero) is 1. The number of aryl methyl sites for hydroxylation is 1. The van der Waals surface area contributed by atoms with Gasteiger partial charge in [-0.15, -0.1) is 11.3 Å². The van der Waals surface area contributed by atoms with E-state index in [2.05, 4.69) is 15.2 Å². The first kappa shape index (κ1) is 23.9. The van der Waals surface area contributed by atoms with E-state index in [0.29, 0.717) is 23.7 Å². The summed E-state index contributed by atoms with van der Waals surface area (Å²) in [5.74, 6) is -0.535. The van der Waals surface area contributed by atoms with Crippen molar-refractivity contribution in [2.45, 2.75) is 31.2 Å². The molecule has 0 bridgehead atoms. The van der Waals surface area contributed by atoms with E-state index in [-0.39, 0.29) is 36.0 Å². The van der Waals surface area contributed by atoms with Gasteiger partial charge in [0.2, 0.25) is 15.8 Å². The van der Waals surface area contributed by atoms with E-state index in [0.717, 1.165) is 16.8 Å². The Morgan fingerprint density at radius 2 is 2.00 bits per heavy atom. The number of halogens is 1. The van der Waals surface area contributed by atoms with Crippen LogP contribution >= 0.6 is 11.3 Å². The highest BCUT2D eigenvalue weighted by atomic mass is 32.2. The average Bonchev–Trinajstić information content (AvgIpc) is 3.68. The Morgan fingerprint density at radius 1 is 1.19 bits per heavy atom. The maximum atomic E-state index is 14.0. The van der Waals surface area contributed by atoms with Gasteiger partial charge in [-0.25, -0.2) is 22.5 Å². The topological polar surface area (TPSA) is 103 Å². The van der Waals surface area contributed by atoms with Gasteiger partial charge >= 0.3 is 0 Å². The van der Waals surface area contributed by atoms with Crippen LogP contribution in [0.5, 0.6) is 0 Å². The molecule has 0 amide bonds. The number of hydrogen-bond acceptors (Lipinski definition) is 7. The number of ketones is 1. The molecule has 0 spiro atoms. The summed E-state index contributed by atoms with van der Waals surface area (Å²) in [7, 11) is -3.86. The van der Waals surface area contributed by atoms with Crippen LogP contribution in [0.4, 0.5) is 4.39 Å². The summed E-state index contributed by atoms with van der Waals surface area (Å²) in [6.45, 7) is 2.67. The lowest BCUT2D eigenvalue weighted by atomic mass is 9.66. The van der Waals surface area contributed by atoms with Crippen LogP contribution in [0.2, 0.25) is 0 Å². The zero-order valence-corrected chi connectivity index (χ0v) is 21.5. The van der Waals surface area contributed by atoms with E-state index in [9.17, 15) is 17.6 Å². The number of hydrogen-bond donors (Lipinski definition) is 0. The van der Waals surface area contributed by atoms with Crippen molar-refractivity contribution in [1.29, 1.82) is 0 Å². The van der Waals surface area contributed by atoms with Crippen molar-refractivity contribution >= 4 is 33.2 Å². The van der Waals surface area contributed by atoms with Crippen LogP contribution in [-0.2, 0) is 23.0 Å². The highest BCUT2D eigenvalue weighted by Crippen LogP contribution is 2.47. The van der Waals surface area contributed by atoms with Gasteiger partial charge in [-0.2, -0.15) is 14.5 Å². The molecule has 9 nitrogen and oxygen atoms in total. The molecule has 1 aliphatic carbocycles. The second kappa shape index (κ2) is 8.82. The van der Waals surface area contributed by atoms with E-state index in [1.54, 1.807) is 39.3 Å². The normalized spacial score (nSPS) is 19.8. The van der Waals surface area contributed by atoms with Gasteiger partial charge in [0.25, 0.3) is 0 Å². The van der Waals surface area contributed by atoms with Gasteiger partial charge in [-0.05, 0) is 55.7 Å². The molecule has 0 N–H and O–H groups in total. The standard InChI is InChI=1S/C25H23FN6O3S2/c1-2-30-15-21(14-28-30)37(34,35)31-9-7-18-11-22-17(13-29-32(22)20-5-3-19(26)4-6-20)12-25(18,16-31)23(33)24-27-8-10-36-24/h3-6,8,10-11,13-15H,2,7,9,12,16H2,1H3/t25-/m0/s1. The number of piperidine rings is 1. The molecule has 12 heteroatoms. The van der Waals surface area contributed by atoms with Crippen molar-refractivity contribution < 1.29 is 17.6 Å². The van der Waals surface area contributed by atoms with E-state index < -0.39 is 15.4 Å². The number of nitrogens with zero attached hydrogens (tertiary/aromatic N) is 6. The predicted molar refractivity (Wildman–Crippen MR) is 135 cm³/mol. The molecule has 37 heavy (non-hydrogen) atoms. The Balaban J connectivity index is 1.43. The molecule has 4 heterocycles. The Labute approximate surface area is 216 Å². The maximum absolute atomic E-state index is 14.0. The molecule has 1 saturated heterocycles. The Hall–Kier alpha value is -3.48. The van der Waals surface area contributed by atoms with Crippen LogP contribution in [0.15, 0.2) is 64.9 Å². The Bertz CT molecular complexity index is 1620. The molecular weight excluding hydrogens is 515 g/mol. The lowest BCUT2D eigenvalue weighted by Gasteiger charge is -2.44. The summed E-state index contributed by atoms with van der Waals surface area (Å²) < 4.78 is 45.3. The monoisotopic (exact) mass is 538 g/mol. The van der Waals surface area contributed by atoms with Crippen molar-refractivity contribution in [2.24, 2.45) is 5.41 Å². The summed E-state index contributed by atoms with van der Waals surface area (Å²) in [5, 5.41) is 10.7.